The lowest BCUT2D eigenvalue weighted by Gasteiger charge is -2.24. The van der Waals surface area contributed by atoms with E-state index in [1.165, 1.54) is 5.56 Å². The third-order valence-electron chi connectivity index (χ3n) is 3.27. The number of nitrogens with one attached hydrogen (secondary N) is 1. The molecule has 0 saturated carbocycles. The fourth-order valence-electron chi connectivity index (χ4n) is 1.85. The average molecular weight is 380 g/mol. The molecule has 0 saturated heterocycles. The van der Waals surface area contributed by atoms with Crippen molar-refractivity contribution in [1.82, 2.24) is 0 Å². The first kappa shape index (κ1) is 15.0. The summed E-state index contributed by atoms with van der Waals surface area (Å²) < 4.78 is 1.11. The van der Waals surface area contributed by atoms with Crippen molar-refractivity contribution in [1.29, 1.82) is 0 Å². The van der Waals surface area contributed by atoms with E-state index in [2.05, 4.69) is 27.9 Å². The van der Waals surface area contributed by atoms with Gasteiger partial charge >= 0.3 is 0 Å². The monoisotopic (exact) mass is 380 g/mol. The predicted octanol–water partition coefficient (Wildman–Crippen LogP) is 3.41. The zero-order valence-corrected chi connectivity index (χ0v) is 13.6. The number of hydrogen-bond acceptors (Lipinski definition) is 2. The number of carbonyl (C=O) groups is 1. The van der Waals surface area contributed by atoms with Gasteiger partial charge in [-0.05, 0) is 59.7 Å². The van der Waals surface area contributed by atoms with Crippen LogP contribution >= 0.6 is 22.6 Å². The third kappa shape index (κ3) is 3.19. The first-order chi connectivity index (χ1) is 9.41. The van der Waals surface area contributed by atoms with Crippen LogP contribution in [0, 0.1) is 10.5 Å². The second-order valence-electron chi connectivity index (χ2n) is 4.99. The summed E-state index contributed by atoms with van der Waals surface area (Å²) in [4.78, 5) is 12.4. The molecule has 0 spiro atoms. The second-order valence-corrected chi connectivity index (χ2v) is 6.15. The Morgan fingerprint density at radius 2 is 1.85 bits per heavy atom. The number of anilines is 1. The van der Waals surface area contributed by atoms with Gasteiger partial charge in [-0.3, -0.25) is 4.79 Å². The van der Waals surface area contributed by atoms with E-state index in [-0.39, 0.29) is 5.91 Å². The van der Waals surface area contributed by atoms with Crippen LogP contribution in [0.15, 0.2) is 48.5 Å². The molecular weight excluding hydrogens is 363 g/mol. The van der Waals surface area contributed by atoms with E-state index in [4.69, 9.17) is 5.73 Å². The van der Waals surface area contributed by atoms with Crippen molar-refractivity contribution in [2.45, 2.75) is 19.4 Å². The number of amides is 1. The maximum absolute atomic E-state index is 12.4. The largest absolute Gasteiger partial charge is 0.324 e. The van der Waals surface area contributed by atoms with E-state index >= 15 is 0 Å². The Morgan fingerprint density at radius 1 is 1.20 bits per heavy atom. The molecule has 20 heavy (non-hydrogen) atoms. The molecular formula is C16H17IN2O. The topological polar surface area (TPSA) is 55.1 Å². The molecule has 0 bridgehead atoms. The zero-order chi connectivity index (χ0) is 14.8. The van der Waals surface area contributed by atoms with Crippen LogP contribution in [0.2, 0.25) is 0 Å². The van der Waals surface area contributed by atoms with Crippen molar-refractivity contribution in [3.05, 3.63) is 63.2 Å². The van der Waals surface area contributed by atoms with Crippen LogP contribution in [0.4, 0.5) is 5.69 Å². The highest BCUT2D eigenvalue weighted by atomic mass is 127. The number of halogens is 1. The average Bonchev–Trinajstić information content (AvgIpc) is 2.44. The van der Waals surface area contributed by atoms with Crippen molar-refractivity contribution < 1.29 is 4.79 Å². The fourth-order valence-corrected chi connectivity index (χ4v) is 2.36. The molecule has 2 aromatic carbocycles. The van der Waals surface area contributed by atoms with Gasteiger partial charge in [-0.15, -0.1) is 0 Å². The first-order valence-electron chi connectivity index (χ1n) is 6.33. The lowest BCUT2D eigenvalue weighted by atomic mass is 9.92. The highest BCUT2D eigenvalue weighted by Crippen LogP contribution is 2.22. The van der Waals surface area contributed by atoms with Crippen molar-refractivity contribution >= 4 is 34.2 Å². The summed E-state index contributed by atoms with van der Waals surface area (Å²) in [6.45, 7) is 3.75. The summed E-state index contributed by atoms with van der Waals surface area (Å²) in [7, 11) is 0. The van der Waals surface area contributed by atoms with Crippen molar-refractivity contribution in [2.75, 3.05) is 5.32 Å². The Morgan fingerprint density at radius 3 is 2.45 bits per heavy atom. The Hall–Kier alpha value is -1.40. The standard InChI is InChI=1S/C16H17IN2O/c1-11-8-9-13(10-14(11)17)19-15(20)16(2,18)12-6-4-3-5-7-12/h3-10H,18H2,1-2H3,(H,19,20). The summed E-state index contributed by atoms with van der Waals surface area (Å²) in [5, 5.41) is 2.88. The van der Waals surface area contributed by atoms with E-state index in [0.717, 1.165) is 14.8 Å². The fraction of sp³-hybridized carbons (Fsp3) is 0.188. The molecule has 2 aromatic rings. The number of aryl methyl sites for hydroxylation is 1. The quantitative estimate of drug-likeness (QED) is 0.802. The molecule has 3 nitrogen and oxygen atoms in total. The highest BCUT2D eigenvalue weighted by Gasteiger charge is 2.30. The van der Waals surface area contributed by atoms with Gasteiger partial charge in [0.25, 0.3) is 0 Å². The molecule has 2 rings (SSSR count). The minimum Gasteiger partial charge on any atom is -0.324 e. The maximum atomic E-state index is 12.4. The molecule has 104 valence electrons. The van der Waals surface area contributed by atoms with Gasteiger partial charge in [0.05, 0.1) is 0 Å². The van der Waals surface area contributed by atoms with E-state index in [9.17, 15) is 4.79 Å². The predicted molar refractivity (Wildman–Crippen MR) is 90.5 cm³/mol. The molecule has 0 aliphatic carbocycles. The van der Waals surface area contributed by atoms with E-state index in [1.807, 2.05) is 55.5 Å². The van der Waals surface area contributed by atoms with Crippen LogP contribution in [-0.2, 0) is 10.3 Å². The van der Waals surface area contributed by atoms with Gasteiger partial charge in [-0.2, -0.15) is 0 Å². The van der Waals surface area contributed by atoms with Gasteiger partial charge in [0.15, 0.2) is 0 Å². The van der Waals surface area contributed by atoms with E-state index < -0.39 is 5.54 Å². The molecule has 0 fully saturated rings. The minimum absolute atomic E-state index is 0.219. The SMILES string of the molecule is Cc1ccc(NC(=O)C(C)(N)c2ccccc2)cc1I. The molecule has 1 atom stereocenters. The Bertz CT molecular complexity index is 624. The highest BCUT2D eigenvalue weighted by molar-refractivity contribution is 14.1. The van der Waals surface area contributed by atoms with Gasteiger partial charge in [0.2, 0.25) is 5.91 Å². The molecule has 0 aromatic heterocycles. The van der Waals surface area contributed by atoms with Crippen molar-refractivity contribution in [2.24, 2.45) is 5.73 Å². The Labute approximate surface area is 132 Å². The number of carbonyl (C=O) groups excluding carboxylic acids is 1. The second kappa shape index (κ2) is 5.93. The maximum Gasteiger partial charge on any atom is 0.248 e. The van der Waals surface area contributed by atoms with Crippen LogP contribution < -0.4 is 11.1 Å². The number of benzene rings is 2. The van der Waals surface area contributed by atoms with Gasteiger partial charge in [-0.1, -0.05) is 36.4 Å². The summed E-state index contributed by atoms with van der Waals surface area (Å²) in [6.07, 6.45) is 0. The smallest absolute Gasteiger partial charge is 0.248 e. The summed E-state index contributed by atoms with van der Waals surface area (Å²) in [5.41, 5.74) is 7.86. The summed E-state index contributed by atoms with van der Waals surface area (Å²) in [6, 6.07) is 15.2. The number of rotatable bonds is 3. The van der Waals surface area contributed by atoms with Crippen LogP contribution in [0.3, 0.4) is 0 Å². The molecule has 0 heterocycles. The van der Waals surface area contributed by atoms with E-state index in [0.29, 0.717) is 0 Å². The molecule has 4 heteroatoms. The van der Waals surface area contributed by atoms with Crippen molar-refractivity contribution in [3.63, 3.8) is 0 Å². The third-order valence-corrected chi connectivity index (χ3v) is 4.44. The Balaban J connectivity index is 2.21. The molecule has 1 unspecified atom stereocenters. The van der Waals surface area contributed by atoms with Gasteiger partial charge in [0, 0.05) is 9.26 Å². The van der Waals surface area contributed by atoms with Gasteiger partial charge in [-0.25, -0.2) is 0 Å². The molecule has 1 amide bonds. The number of hydrogen-bond donors (Lipinski definition) is 2. The summed E-state index contributed by atoms with van der Waals surface area (Å²) >= 11 is 2.25. The molecule has 3 N–H and O–H groups in total. The van der Waals surface area contributed by atoms with Crippen molar-refractivity contribution in [3.8, 4) is 0 Å². The summed E-state index contributed by atoms with van der Waals surface area (Å²) in [5.74, 6) is -0.219. The zero-order valence-electron chi connectivity index (χ0n) is 11.5. The molecule has 0 aliphatic heterocycles. The van der Waals surface area contributed by atoms with Crippen LogP contribution in [-0.4, -0.2) is 5.91 Å². The van der Waals surface area contributed by atoms with Gasteiger partial charge in [0.1, 0.15) is 5.54 Å². The molecule has 0 aliphatic rings. The number of nitrogens with two attached hydrogens (primary N) is 1. The molecule has 0 radical (unpaired) electrons. The first-order valence-corrected chi connectivity index (χ1v) is 7.41. The van der Waals surface area contributed by atoms with Gasteiger partial charge < -0.3 is 11.1 Å². The van der Waals surface area contributed by atoms with Crippen LogP contribution in [0.5, 0.6) is 0 Å². The van der Waals surface area contributed by atoms with Crippen LogP contribution in [0.25, 0.3) is 0 Å². The van der Waals surface area contributed by atoms with Crippen LogP contribution in [0.1, 0.15) is 18.1 Å². The minimum atomic E-state index is -1.06. The lowest BCUT2D eigenvalue weighted by molar-refractivity contribution is -0.120. The normalized spacial score (nSPS) is 13.6. The van der Waals surface area contributed by atoms with E-state index in [1.54, 1.807) is 6.92 Å². The lowest BCUT2D eigenvalue weighted by Crippen LogP contribution is -2.45. The Kier molecular flexibility index (Phi) is 4.45.